The largest absolute Gasteiger partial charge is 0.279 e. The molecule has 1 aliphatic carbocycles. The highest BCUT2D eigenvalue weighted by atomic mass is 32.1. The van der Waals surface area contributed by atoms with E-state index in [4.69, 9.17) is 0 Å². The van der Waals surface area contributed by atoms with E-state index in [-0.39, 0.29) is 12.1 Å². The lowest BCUT2D eigenvalue weighted by Gasteiger charge is -2.17. The van der Waals surface area contributed by atoms with Gasteiger partial charge in [-0.2, -0.15) is 5.10 Å². The number of nitrogens with one attached hydrogen (secondary N) is 1. The predicted molar refractivity (Wildman–Crippen MR) is 103 cm³/mol. The van der Waals surface area contributed by atoms with Gasteiger partial charge in [0.05, 0.1) is 11.6 Å². The summed E-state index contributed by atoms with van der Waals surface area (Å²) in [5.74, 6) is 0.212. The Bertz CT molecular complexity index is 1040. The maximum absolute atomic E-state index is 12.8. The van der Waals surface area contributed by atoms with Crippen molar-refractivity contribution in [3.8, 4) is 0 Å². The number of nitrogens with zero attached hydrogens (tertiary/aromatic N) is 4. The molecule has 0 unspecified atom stereocenters. The normalized spacial score (nSPS) is 16.9. The Labute approximate surface area is 157 Å². The fraction of sp³-hybridized carbons (Fsp3) is 0.353. The zero-order valence-electron chi connectivity index (χ0n) is 14.1. The average molecular weight is 387 g/mol. The van der Waals surface area contributed by atoms with E-state index in [1.165, 1.54) is 16.2 Å². The maximum Gasteiger partial charge on any atom is 0.279 e. The van der Waals surface area contributed by atoms with Crippen molar-refractivity contribution in [2.75, 3.05) is 0 Å². The molecule has 1 atom stereocenters. The van der Waals surface area contributed by atoms with E-state index in [1.807, 2.05) is 17.5 Å². The summed E-state index contributed by atoms with van der Waals surface area (Å²) < 4.78 is 1.11. The first-order valence-corrected chi connectivity index (χ1v) is 10.0. The first-order chi connectivity index (χ1) is 12.6. The summed E-state index contributed by atoms with van der Waals surface area (Å²) in [5.41, 5.74) is 3.26. The molecular formula is C17H17N5O2S2. The van der Waals surface area contributed by atoms with Crippen molar-refractivity contribution in [2.24, 2.45) is 11.0 Å². The van der Waals surface area contributed by atoms with E-state index < -0.39 is 5.91 Å². The van der Waals surface area contributed by atoms with Crippen molar-refractivity contribution < 1.29 is 4.79 Å². The van der Waals surface area contributed by atoms with Gasteiger partial charge in [0.2, 0.25) is 0 Å². The predicted octanol–water partition coefficient (Wildman–Crippen LogP) is 2.19. The number of carbonyl (C=O) groups is 1. The third kappa shape index (κ3) is 3.32. The monoisotopic (exact) mass is 387 g/mol. The second-order valence-corrected chi connectivity index (χ2v) is 8.46. The van der Waals surface area contributed by atoms with Crippen molar-refractivity contribution in [3.05, 3.63) is 43.2 Å². The van der Waals surface area contributed by atoms with Gasteiger partial charge in [0.1, 0.15) is 6.54 Å². The zero-order valence-corrected chi connectivity index (χ0v) is 15.8. The zero-order chi connectivity index (χ0) is 18.1. The average Bonchev–Trinajstić information content (AvgIpc) is 3.24. The Morgan fingerprint density at radius 3 is 3.23 bits per heavy atom. The number of rotatable bonds is 4. The van der Waals surface area contributed by atoms with Gasteiger partial charge in [-0.3, -0.25) is 9.59 Å². The first-order valence-electron chi connectivity index (χ1n) is 8.35. The summed E-state index contributed by atoms with van der Waals surface area (Å²) in [6.07, 6.45) is 4.50. The molecule has 4 rings (SSSR count). The van der Waals surface area contributed by atoms with Crippen LogP contribution in [0.25, 0.3) is 10.2 Å². The van der Waals surface area contributed by atoms with Crippen LogP contribution in [0.1, 0.15) is 28.7 Å². The van der Waals surface area contributed by atoms with Crippen LogP contribution in [0.2, 0.25) is 0 Å². The quantitative estimate of drug-likeness (QED) is 0.549. The van der Waals surface area contributed by atoms with Gasteiger partial charge in [0, 0.05) is 9.75 Å². The molecule has 0 bridgehead atoms. The summed E-state index contributed by atoms with van der Waals surface area (Å²) in [5, 5.41) is 14.5. The Kier molecular flexibility index (Phi) is 4.64. The van der Waals surface area contributed by atoms with Gasteiger partial charge in [-0.05, 0) is 42.2 Å². The lowest BCUT2D eigenvalue weighted by molar-refractivity contribution is -0.121. The van der Waals surface area contributed by atoms with Crippen LogP contribution >= 0.6 is 22.7 Å². The molecular weight excluding hydrogens is 370 g/mol. The molecule has 3 aromatic heterocycles. The second-order valence-electron chi connectivity index (χ2n) is 6.39. The number of fused-ring (bicyclic) bond motifs is 3. The first kappa shape index (κ1) is 17.0. The van der Waals surface area contributed by atoms with E-state index in [9.17, 15) is 9.59 Å². The second kappa shape index (κ2) is 7.08. The molecule has 0 spiro atoms. The van der Waals surface area contributed by atoms with E-state index in [2.05, 4.69) is 27.8 Å². The Morgan fingerprint density at radius 2 is 2.42 bits per heavy atom. The highest BCUT2D eigenvalue weighted by Crippen LogP contribution is 2.35. The Morgan fingerprint density at radius 1 is 1.54 bits per heavy atom. The van der Waals surface area contributed by atoms with Crippen LogP contribution in [0.5, 0.6) is 0 Å². The molecule has 0 fully saturated rings. The fourth-order valence-electron chi connectivity index (χ4n) is 3.10. The number of amides is 1. The van der Waals surface area contributed by atoms with Crippen LogP contribution in [-0.4, -0.2) is 27.1 Å². The minimum atomic E-state index is -0.411. The van der Waals surface area contributed by atoms with Crippen LogP contribution < -0.4 is 11.0 Å². The minimum absolute atomic E-state index is 0.204. The molecule has 0 aliphatic heterocycles. The third-order valence-electron chi connectivity index (χ3n) is 4.40. The molecule has 9 heteroatoms. The highest BCUT2D eigenvalue weighted by molar-refractivity contribution is 7.18. The van der Waals surface area contributed by atoms with E-state index in [0.29, 0.717) is 16.1 Å². The SMILES string of the molecule is C[C@@H]1CCc2c(sc3nnn(CC(=O)N/N=C\c4cccs4)c(=O)c23)C1. The van der Waals surface area contributed by atoms with Crippen LogP contribution in [0, 0.1) is 5.92 Å². The highest BCUT2D eigenvalue weighted by Gasteiger charge is 2.24. The van der Waals surface area contributed by atoms with Crippen molar-refractivity contribution in [1.82, 2.24) is 20.4 Å². The molecule has 26 heavy (non-hydrogen) atoms. The molecule has 1 N–H and O–H groups in total. The summed E-state index contributed by atoms with van der Waals surface area (Å²) in [7, 11) is 0. The van der Waals surface area contributed by atoms with Gasteiger partial charge in [0.15, 0.2) is 4.83 Å². The molecule has 0 saturated carbocycles. The number of hydrogen-bond acceptors (Lipinski definition) is 7. The van der Waals surface area contributed by atoms with Crippen molar-refractivity contribution in [2.45, 2.75) is 32.7 Å². The molecule has 7 nitrogen and oxygen atoms in total. The fourth-order valence-corrected chi connectivity index (χ4v) is 5.00. The summed E-state index contributed by atoms with van der Waals surface area (Å²) >= 11 is 3.07. The van der Waals surface area contributed by atoms with E-state index >= 15 is 0 Å². The molecule has 0 aromatic carbocycles. The number of hydrazone groups is 1. The van der Waals surface area contributed by atoms with Crippen LogP contribution in [0.3, 0.4) is 0 Å². The topological polar surface area (TPSA) is 89.2 Å². The van der Waals surface area contributed by atoms with Gasteiger partial charge in [-0.15, -0.1) is 27.8 Å². The van der Waals surface area contributed by atoms with Crippen molar-refractivity contribution in [1.29, 1.82) is 0 Å². The molecule has 3 heterocycles. The molecule has 1 aliphatic rings. The summed E-state index contributed by atoms with van der Waals surface area (Å²) in [6, 6.07) is 3.80. The molecule has 1 amide bonds. The summed E-state index contributed by atoms with van der Waals surface area (Å²) in [6.45, 7) is 2.02. The summed E-state index contributed by atoms with van der Waals surface area (Å²) in [4.78, 5) is 27.7. The Balaban J connectivity index is 1.54. The molecule has 3 aromatic rings. The third-order valence-corrected chi connectivity index (χ3v) is 6.35. The van der Waals surface area contributed by atoms with E-state index in [1.54, 1.807) is 17.6 Å². The minimum Gasteiger partial charge on any atom is -0.271 e. The number of aromatic nitrogens is 3. The van der Waals surface area contributed by atoms with E-state index in [0.717, 1.165) is 34.4 Å². The van der Waals surface area contributed by atoms with Crippen LogP contribution in [-0.2, 0) is 24.2 Å². The molecule has 0 saturated heterocycles. The van der Waals surface area contributed by atoms with Gasteiger partial charge in [-0.1, -0.05) is 18.2 Å². The van der Waals surface area contributed by atoms with Gasteiger partial charge in [0.25, 0.3) is 11.5 Å². The van der Waals surface area contributed by atoms with Crippen LogP contribution in [0.15, 0.2) is 27.4 Å². The standard InChI is InChI=1S/C17H17N5O2S2/c1-10-4-5-12-13(7-10)26-16-15(12)17(24)22(21-20-16)9-14(23)19-18-8-11-3-2-6-25-11/h2-3,6,8,10H,4-5,7,9H2,1H3,(H,19,23)/b18-8-/t10-/m1/s1. The maximum atomic E-state index is 12.8. The lowest BCUT2D eigenvalue weighted by atomic mass is 9.89. The van der Waals surface area contributed by atoms with Crippen molar-refractivity contribution in [3.63, 3.8) is 0 Å². The van der Waals surface area contributed by atoms with Gasteiger partial charge in [-0.25, -0.2) is 10.1 Å². The molecule has 0 radical (unpaired) electrons. The number of hydrogen-bond donors (Lipinski definition) is 1. The van der Waals surface area contributed by atoms with Gasteiger partial charge < -0.3 is 0 Å². The number of aryl methyl sites for hydroxylation is 1. The number of thiophene rings is 2. The lowest BCUT2D eigenvalue weighted by Crippen LogP contribution is -2.32. The van der Waals surface area contributed by atoms with Gasteiger partial charge >= 0.3 is 0 Å². The van der Waals surface area contributed by atoms with Crippen molar-refractivity contribution >= 4 is 45.0 Å². The smallest absolute Gasteiger partial charge is 0.271 e. The molecule has 134 valence electrons. The number of carbonyl (C=O) groups excluding carboxylic acids is 1. The Hall–Kier alpha value is -2.39. The van der Waals surface area contributed by atoms with Crippen LogP contribution in [0.4, 0.5) is 0 Å².